The van der Waals surface area contributed by atoms with E-state index in [-0.39, 0.29) is 10.9 Å². The average Bonchev–Trinajstić information content (AvgIpc) is 3.05. The molecule has 3 atom stereocenters. The van der Waals surface area contributed by atoms with Crippen molar-refractivity contribution in [3.05, 3.63) is 63.4 Å². The molecule has 0 radical (unpaired) electrons. The van der Waals surface area contributed by atoms with E-state index in [0.29, 0.717) is 22.7 Å². The van der Waals surface area contributed by atoms with Crippen molar-refractivity contribution in [3.8, 4) is 0 Å². The van der Waals surface area contributed by atoms with E-state index in [4.69, 9.17) is 28.9 Å². The molecule has 0 aromatic heterocycles. The van der Waals surface area contributed by atoms with Crippen molar-refractivity contribution in [1.82, 2.24) is 5.32 Å². The van der Waals surface area contributed by atoms with Gasteiger partial charge >= 0.3 is 0 Å². The third kappa shape index (κ3) is 3.93. The van der Waals surface area contributed by atoms with E-state index in [9.17, 15) is 9.59 Å². The van der Waals surface area contributed by atoms with Crippen molar-refractivity contribution in [2.45, 2.75) is 55.5 Å². The molecule has 1 aliphatic heterocycles. The summed E-state index contributed by atoms with van der Waals surface area (Å²) in [4.78, 5) is 23.9. The zero-order valence-corrected chi connectivity index (χ0v) is 18.3. The maximum atomic E-state index is 15.2. The van der Waals surface area contributed by atoms with Gasteiger partial charge in [-0.2, -0.15) is 0 Å². The predicted octanol–water partition coefficient (Wildman–Crippen LogP) is 4.73. The molecule has 1 aliphatic carbocycles. The summed E-state index contributed by atoms with van der Waals surface area (Å²) in [5.74, 6) is -2.02. The number of benzene rings is 2. The summed E-state index contributed by atoms with van der Waals surface area (Å²) in [5, 5.41) is 6.69. The van der Waals surface area contributed by atoms with E-state index in [1.807, 2.05) is 6.07 Å². The second-order valence-electron chi connectivity index (χ2n) is 8.38. The van der Waals surface area contributed by atoms with Crippen molar-refractivity contribution < 1.29 is 14.0 Å². The molecule has 2 aromatic rings. The molecular formula is C23H24Cl2FN3O2. The Labute approximate surface area is 190 Å². The fourth-order valence-corrected chi connectivity index (χ4v) is 5.88. The molecule has 1 saturated heterocycles. The molecule has 1 saturated carbocycles. The van der Waals surface area contributed by atoms with Crippen molar-refractivity contribution in [3.63, 3.8) is 0 Å². The van der Waals surface area contributed by atoms with Crippen molar-refractivity contribution >= 4 is 41.2 Å². The van der Waals surface area contributed by atoms with Gasteiger partial charge in [0.2, 0.25) is 12.3 Å². The molecule has 2 amide bonds. The molecule has 164 valence electrons. The molecule has 1 heterocycles. The lowest BCUT2D eigenvalue weighted by molar-refractivity contribution is -0.120. The number of anilines is 1. The second-order valence-corrected chi connectivity index (χ2v) is 9.23. The maximum absolute atomic E-state index is 15.2. The molecule has 8 heteroatoms. The Hall–Kier alpha value is -2.15. The van der Waals surface area contributed by atoms with Crippen LogP contribution in [0.5, 0.6) is 0 Å². The third-order valence-electron chi connectivity index (χ3n) is 6.71. The minimum atomic E-state index is -0.782. The van der Waals surface area contributed by atoms with E-state index in [1.54, 1.807) is 24.3 Å². The Bertz CT molecular complexity index is 1010. The summed E-state index contributed by atoms with van der Waals surface area (Å²) < 4.78 is 15.2. The van der Waals surface area contributed by atoms with Gasteiger partial charge in [-0.05, 0) is 42.2 Å². The van der Waals surface area contributed by atoms with Crippen LogP contribution in [0.2, 0.25) is 10.0 Å². The van der Waals surface area contributed by atoms with Crippen molar-refractivity contribution in [2.75, 3.05) is 5.32 Å². The molecule has 1 spiro atoms. The highest BCUT2D eigenvalue weighted by atomic mass is 35.5. The quantitative estimate of drug-likeness (QED) is 0.560. The highest BCUT2D eigenvalue weighted by molar-refractivity contribution is 6.31. The number of nitrogens with two attached hydrogens (primary N) is 1. The van der Waals surface area contributed by atoms with E-state index in [0.717, 1.165) is 37.7 Å². The largest absolute Gasteiger partial charge is 0.368 e. The Morgan fingerprint density at radius 1 is 1.16 bits per heavy atom. The second kappa shape index (κ2) is 8.77. The number of nitrogens with one attached hydrogen (secondary N) is 2. The van der Waals surface area contributed by atoms with E-state index >= 15 is 4.39 Å². The summed E-state index contributed by atoms with van der Waals surface area (Å²) in [5.41, 5.74) is 7.01. The zero-order chi connectivity index (χ0) is 22.2. The van der Waals surface area contributed by atoms with Crippen molar-refractivity contribution in [2.24, 2.45) is 5.73 Å². The fraction of sp³-hybridized carbons (Fsp3) is 0.391. The van der Waals surface area contributed by atoms with Gasteiger partial charge in [-0.1, -0.05) is 60.7 Å². The normalized spacial score (nSPS) is 24.8. The van der Waals surface area contributed by atoms with Gasteiger partial charge in [0.15, 0.2) is 0 Å². The van der Waals surface area contributed by atoms with Crippen LogP contribution in [0.15, 0.2) is 36.4 Å². The van der Waals surface area contributed by atoms with E-state index in [2.05, 4.69) is 10.6 Å². The smallest absolute Gasteiger partial charge is 0.235 e. The molecule has 2 unspecified atom stereocenters. The monoisotopic (exact) mass is 463 g/mol. The van der Waals surface area contributed by atoms with Gasteiger partial charge < -0.3 is 11.1 Å². The summed E-state index contributed by atoms with van der Waals surface area (Å²) in [7, 11) is 0. The summed E-state index contributed by atoms with van der Waals surface area (Å²) in [6.45, 7) is 0. The average molecular weight is 464 g/mol. The number of carbonyl (C=O) groups is 2. The number of carbonyl (C=O) groups excluding carboxylic acids is 2. The van der Waals surface area contributed by atoms with E-state index in [1.165, 1.54) is 6.07 Å². The van der Waals surface area contributed by atoms with Gasteiger partial charge in [0.25, 0.3) is 0 Å². The topological polar surface area (TPSA) is 84.2 Å². The van der Waals surface area contributed by atoms with E-state index < -0.39 is 29.2 Å². The molecule has 0 bridgehead atoms. The lowest BCUT2D eigenvalue weighted by Gasteiger charge is -2.41. The highest BCUT2D eigenvalue weighted by Gasteiger charge is 2.56. The van der Waals surface area contributed by atoms with Gasteiger partial charge in [0, 0.05) is 28.1 Å². The number of amides is 2. The van der Waals surface area contributed by atoms with Gasteiger partial charge in [-0.3, -0.25) is 14.9 Å². The number of rotatable bonds is 5. The van der Waals surface area contributed by atoms with Gasteiger partial charge in [0.05, 0.1) is 11.1 Å². The van der Waals surface area contributed by atoms with Crippen molar-refractivity contribution in [1.29, 1.82) is 0 Å². The number of hydrogen-bond acceptors (Lipinski definition) is 3. The SMILES string of the molecule is NC(=O)C1NC2(CCCCC2)C(c2ccc(Cl)cc2NC=O)[C@H]1c1cccc(Cl)c1F. The molecule has 5 nitrogen and oxygen atoms in total. The molecular weight excluding hydrogens is 440 g/mol. The van der Waals surface area contributed by atoms with Crippen LogP contribution in [0.3, 0.4) is 0 Å². The first kappa shape index (κ1) is 22.1. The van der Waals surface area contributed by atoms with Crippen LogP contribution in [-0.4, -0.2) is 23.9 Å². The van der Waals surface area contributed by atoms with Gasteiger partial charge in [0.1, 0.15) is 5.82 Å². The molecule has 4 rings (SSSR count). The van der Waals surface area contributed by atoms with Crippen LogP contribution in [0, 0.1) is 5.82 Å². The zero-order valence-electron chi connectivity index (χ0n) is 16.8. The van der Waals surface area contributed by atoms with Gasteiger partial charge in [-0.25, -0.2) is 4.39 Å². The van der Waals surface area contributed by atoms with Crippen LogP contribution in [-0.2, 0) is 9.59 Å². The van der Waals surface area contributed by atoms with Crippen LogP contribution in [0.4, 0.5) is 10.1 Å². The van der Waals surface area contributed by atoms with Crippen LogP contribution in [0.1, 0.15) is 55.1 Å². The summed E-state index contributed by atoms with van der Waals surface area (Å²) >= 11 is 12.3. The number of hydrogen-bond donors (Lipinski definition) is 3. The number of primary amides is 1. The third-order valence-corrected chi connectivity index (χ3v) is 7.24. The Kier molecular flexibility index (Phi) is 6.24. The Morgan fingerprint density at radius 3 is 2.58 bits per heavy atom. The first-order valence-corrected chi connectivity index (χ1v) is 11.1. The molecule has 2 aromatic carbocycles. The molecule has 2 aliphatic rings. The highest BCUT2D eigenvalue weighted by Crippen LogP contribution is 2.55. The minimum Gasteiger partial charge on any atom is -0.368 e. The first-order valence-electron chi connectivity index (χ1n) is 10.4. The standard InChI is InChI=1S/C23H24Cl2FN3O2/c24-13-7-8-14(17(11-13)28-12-30)19-18(15-5-4-6-16(25)20(15)26)21(22(27)31)29-23(19)9-2-1-3-10-23/h4-8,11-12,18-19,21,29H,1-3,9-10H2,(H2,27,31)(H,28,30)/t18-,19?,21?/m1/s1. The molecule has 4 N–H and O–H groups in total. The Balaban J connectivity index is 1.96. The lowest BCUT2D eigenvalue weighted by Crippen LogP contribution is -2.50. The van der Waals surface area contributed by atoms with Crippen LogP contribution in [0.25, 0.3) is 0 Å². The maximum Gasteiger partial charge on any atom is 0.235 e. The minimum absolute atomic E-state index is 0.00795. The van der Waals surface area contributed by atoms with Crippen LogP contribution < -0.4 is 16.4 Å². The Morgan fingerprint density at radius 2 is 1.90 bits per heavy atom. The fourth-order valence-electron chi connectivity index (χ4n) is 5.53. The van der Waals surface area contributed by atoms with Crippen LogP contribution >= 0.6 is 23.2 Å². The van der Waals surface area contributed by atoms with Gasteiger partial charge in [-0.15, -0.1) is 0 Å². The predicted molar refractivity (Wildman–Crippen MR) is 120 cm³/mol. The first-order chi connectivity index (χ1) is 14.9. The lowest BCUT2D eigenvalue weighted by atomic mass is 9.66. The number of halogens is 3. The summed E-state index contributed by atoms with van der Waals surface area (Å²) in [6, 6.07) is 9.29. The summed E-state index contributed by atoms with van der Waals surface area (Å²) in [6.07, 6.45) is 5.25. The molecule has 31 heavy (non-hydrogen) atoms. The molecule has 2 fully saturated rings.